The Labute approximate surface area is 125 Å². The second-order valence-corrected chi connectivity index (χ2v) is 5.96. The molecule has 0 unspecified atom stereocenters. The summed E-state index contributed by atoms with van der Waals surface area (Å²) in [6, 6.07) is 13.7. The van der Waals surface area contributed by atoms with Crippen molar-refractivity contribution in [2.24, 2.45) is 5.92 Å². The summed E-state index contributed by atoms with van der Waals surface area (Å²) >= 11 is 0. The first-order chi connectivity index (χ1) is 10.2. The van der Waals surface area contributed by atoms with Crippen LogP contribution in [0.25, 0.3) is 11.3 Å². The summed E-state index contributed by atoms with van der Waals surface area (Å²) in [5.74, 6) is 1.81. The molecule has 1 saturated carbocycles. The molecule has 0 aliphatic heterocycles. The van der Waals surface area contributed by atoms with E-state index in [1.807, 2.05) is 36.4 Å². The second-order valence-electron chi connectivity index (χ2n) is 5.96. The van der Waals surface area contributed by atoms with Crippen LogP contribution in [-0.4, -0.2) is 11.9 Å². The lowest BCUT2D eigenvalue weighted by Crippen LogP contribution is -2.37. The number of furan rings is 1. The molecule has 2 aromatic rings. The van der Waals surface area contributed by atoms with Gasteiger partial charge in [0.2, 0.25) is 0 Å². The van der Waals surface area contributed by atoms with Crippen molar-refractivity contribution in [3.63, 3.8) is 0 Å². The lowest BCUT2D eigenvalue weighted by atomic mass is 9.87. The zero-order valence-electron chi connectivity index (χ0n) is 12.3. The summed E-state index contributed by atoms with van der Waals surface area (Å²) in [4.78, 5) is 12.2. The molecule has 0 bridgehead atoms. The van der Waals surface area contributed by atoms with Gasteiger partial charge in [0.1, 0.15) is 5.76 Å². The van der Waals surface area contributed by atoms with E-state index in [1.54, 1.807) is 6.07 Å². The van der Waals surface area contributed by atoms with Crippen molar-refractivity contribution in [2.45, 2.75) is 38.6 Å². The highest BCUT2D eigenvalue weighted by molar-refractivity contribution is 5.92. The van der Waals surface area contributed by atoms with E-state index in [0.717, 1.165) is 30.1 Å². The minimum absolute atomic E-state index is 0.100. The molecule has 1 aromatic carbocycles. The highest BCUT2D eigenvalue weighted by atomic mass is 16.3. The van der Waals surface area contributed by atoms with Gasteiger partial charge in [-0.1, -0.05) is 37.3 Å². The number of rotatable bonds is 3. The number of carbonyl (C=O) groups is 1. The molecule has 1 fully saturated rings. The molecule has 110 valence electrons. The van der Waals surface area contributed by atoms with Crippen LogP contribution >= 0.6 is 0 Å². The summed E-state index contributed by atoms with van der Waals surface area (Å²) in [6.45, 7) is 2.27. The van der Waals surface area contributed by atoms with Crippen LogP contribution in [0, 0.1) is 5.92 Å². The molecule has 3 rings (SSSR count). The van der Waals surface area contributed by atoms with E-state index >= 15 is 0 Å². The highest BCUT2D eigenvalue weighted by Crippen LogP contribution is 2.25. The van der Waals surface area contributed by atoms with E-state index in [0.29, 0.717) is 11.8 Å². The lowest BCUT2D eigenvalue weighted by Gasteiger charge is -2.26. The summed E-state index contributed by atoms with van der Waals surface area (Å²) < 4.78 is 5.68. The molecule has 1 heterocycles. The molecule has 0 saturated heterocycles. The molecule has 21 heavy (non-hydrogen) atoms. The maximum absolute atomic E-state index is 12.2. The van der Waals surface area contributed by atoms with Gasteiger partial charge in [0, 0.05) is 11.6 Å². The van der Waals surface area contributed by atoms with Crippen molar-refractivity contribution in [3.05, 3.63) is 48.2 Å². The Morgan fingerprint density at radius 3 is 2.48 bits per heavy atom. The third-order valence-corrected chi connectivity index (χ3v) is 4.24. The standard InChI is InChI=1S/C18H21NO2/c1-13-7-9-15(10-8-13)19-18(20)17-12-11-16(21-17)14-5-3-2-4-6-14/h2-6,11-13,15H,7-10H2,1H3,(H,19,20). The Balaban J connectivity index is 1.64. The number of benzene rings is 1. The van der Waals surface area contributed by atoms with Crippen LogP contribution in [0.1, 0.15) is 43.2 Å². The average molecular weight is 283 g/mol. The summed E-state index contributed by atoms with van der Waals surface area (Å²) in [5, 5.41) is 3.09. The number of hydrogen-bond donors (Lipinski definition) is 1. The quantitative estimate of drug-likeness (QED) is 0.914. The topological polar surface area (TPSA) is 42.2 Å². The fraction of sp³-hybridized carbons (Fsp3) is 0.389. The third-order valence-electron chi connectivity index (χ3n) is 4.24. The first kappa shape index (κ1) is 13.9. The minimum atomic E-state index is -0.100. The summed E-state index contributed by atoms with van der Waals surface area (Å²) in [5.41, 5.74) is 0.989. The van der Waals surface area contributed by atoms with Gasteiger partial charge in [0.15, 0.2) is 5.76 Å². The van der Waals surface area contributed by atoms with Gasteiger partial charge in [-0.25, -0.2) is 0 Å². The monoisotopic (exact) mass is 283 g/mol. The third kappa shape index (κ3) is 3.35. The number of carbonyl (C=O) groups excluding carboxylic acids is 1. The van der Waals surface area contributed by atoms with Crippen LogP contribution in [0.5, 0.6) is 0 Å². The molecule has 0 radical (unpaired) electrons. The molecule has 3 heteroatoms. The largest absolute Gasteiger partial charge is 0.451 e. The molecule has 1 amide bonds. The molecule has 0 spiro atoms. The normalized spacial score (nSPS) is 22.0. The van der Waals surface area contributed by atoms with Crippen LogP contribution in [0.3, 0.4) is 0 Å². The first-order valence-corrected chi connectivity index (χ1v) is 7.68. The molecule has 1 N–H and O–H groups in total. The van der Waals surface area contributed by atoms with Gasteiger partial charge in [0.05, 0.1) is 0 Å². The Hall–Kier alpha value is -2.03. The Kier molecular flexibility index (Phi) is 4.09. The van der Waals surface area contributed by atoms with Crippen molar-refractivity contribution in [1.29, 1.82) is 0 Å². The second kappa shape index (κ2) is 6.17. The summed E-state index contributed by atoms with van der Waals surface area (Å²) in [6.07, 6.45) is 4.52. The van der Waals surface area contributed by atoms with Gasteiger partial charge in [-0.2, -0.15) is 0 Å². The molecule has 1 aliphatic carbocycles. The van der Waals surface area contributed by atoms with E-state index in [1.165, 1.54) is 12.8 Å². The zero-order valence-corrected chi connectivity index (χ0v) is 12.3. The maximum atomic E-state index is 12.2. The Bertz CT molecular complexity index is 595. The van der Waals surface area contributed by atoms with Gasteiger partial charge in [0.25, 0.3) is 5.91 Å². The van der Waals surface area contributed by atoms with E-state index in [2.05, 4.69) is 12.2 Å². The zero-order chi connectivity index (χ0) is 14.7. The van der Waals surface area contributed by atoms with Crippen LogP contribution in [-0.2, 0) is 0 Å². The van der Waals surface area contributed by atoms with Gasteiger partial charge >= 0.3 is 0 Å². The molecule has 3 nitrogen and oxygen atoms in total. The SMILES string of the molecule is CC1CCC(NC(=O)c2ccc(-c3ccccc3)o2)CC1. The molecular formula is C18H21NO2. The van der Waals surface area contributed by atoms with Crippen molar-refractivity contribution in [1.82, 2.24) is 5.32 Å². The van der Waals surface area contributed by atoms with Crippen molar-refractivity contribution >= 4 is 5.91 Å². The van der Waals surface area contributed by atoms with Crippen LogP contribution in [0.2, 0.25) is 0 Å². The van der Waals surface area contributed by atoms with Crippen LogP contribution in [0.15, 0.2) is 46.9 Å². The predicted molar refractivity (Wildman–Crippen MR) is 83.0 cm³/mol. The van der Waals surface area contributed by atoms with Crippen molar-refractivity contribution in [2.75, 3.05) is 0 Å². The van der Waals surface area contributed by atoms with Gasteiger partial charge in [-0.3, -0.25) is 4.79 Å². The smallest absolute Gasteiger partial charge is 0.287 e. The number of amides is 1. The highest BCUT2D eigenvalue weighted by Gasteiger charge is 2.21. The Morgan fingerprint density at radius 1 is 1.05 bits per heavy atom. The van der Waals surface area contributed by atoms with Crippen LogP contribution < -0.4 is 5.32 Å². The molecule has 1 aliphatic rings. The molecular weight excluding hydrogens is 262 g/mol. The van der Waals surface area contributed by atoms with Gasteiger partial charge in [-0.15, -0.1) is 0 Å². The first-order valence-electron chi connectivity index (χ1n) is 7.68. The molecule has 1 aromatic heterocycles. The fourth-order valence-electron chi connectivity index (χ4n) is 2.88. The van der Waals surface area contributed by atoms with E-state index in [9.17, 15) is 4.79 Å². The van der Waals surface area contributed by atoms with Crippen molar-refractivity contribution in [3.8, 4) is 11.3 Å². The fourth-order valence-corrected chi connectivity index (χ4v) is 2.88. The predicted octanol–water partition coefficient (Wildman–Crippen LogP) is 4.26. The van der Waals surface area contributed by atoms with Gasteiger partial charge < -0.3 is 9.73 Å². The molecule has 0 atom stereocenters. The maximum Gasteiger partial charge on any atom is 0.287 e. The minimum Gasteiger partial charge on any atom is -0.451 e. The van der Waals surface area contributed by atoms with E-state index in [4.69, 9.17) is 4.42 Å². The van der Waals surface area contributed by atoms with Crippen molar-refractivity contribution < 1.29 is 9.21 Å². The Morgan fingerprint density at radius 2 is 1.76 bits per heavy atom. The average Bonchev–Trinajstić information content (AvgIpc) is 3.00. The van der Waals surface area contributed by atoms with Gasteiger partial charge in [-0.05, 0) is 43.7 Å². The van der Waals surface area contributed by atoms with Crippen LogP contribution in [0.4, 0.5) is 0 Å². The lowest BCUT2D eigenvalue weighted by molar-refractivity contribution is 0.0895. The summed E-state index contributed by atoms with van der Waals surface area (Å²) in [7, 11) is 0. The number of nitrogens with one attached hydrogen (secondary N) is 1. The van der Waals surface area contributed by atoms with E-state index < -0.39 is 0 Å². The van der Waals surface area contributed by atoms with E-state index in [-0.39, 0.29) is 5.91 Å². The number of hydrogen-bond acceptors (Lipinski definition) is 2.